The second-order valence-electron chi connectivity index (χ2n) is 5.59. The molecule has 1 saturated heterocycles. The van der Waals surface area contributed by atoms with Crippen LogP contribution in [0.1, 0.15) is 52.9 Å². The van der Waals surface area contributed by atoms with Gasteiger partial charge in [0.2, 0.25) is 0 Å². The predicted molar refractivity (Wildman–Crippen MR) is 68.0 cm³/mol. The van der Waals surface area contributed by atoms with Crippen LogP contribution in [0.3, 0.4) is 0 Å². The molecule has 0 aromatic rings. The van der Waals surface area contributed by atoms with E-state index in [0.29, 0.717) is 0 Å². The zero-order valence-corrected chi connectivity index (χ0v) is 11.4. The second kappa shape index (κ2) is 4.75. The third-order valence-electron chi connectivity index (χ3n) is 3.69. The van der Waals surface area contributed by atoms with Crippen LogP contribution in [0.4, 0.5) is 4.79 Å². The van der Waals surface area contributed by atoms with Crippen molar-refractivity contribution in [3.63, 3.8) is 0 Å². The fourth-order valence-electron chi connectivity index (χ4n) is 2.59. The summed E-state index contributed by atoms with van der Waals surface area (Å²) in [4.78, 5) is 25.0. The fraction of sp³-hybridized carbons (Fsp3) is 0.714. The summed E-state index contributed by atoms with van der Waals surface area (Å²) in [7, 11) is 0. The van der Waals surface area contributed by atoms with Crippen molar-refractivity contribution in [1.82, 2.24) is 4.90 Å². The van der Waals surface area contributed by atoms with Crippen molar-refractivity contribution in [2.24, 2.45) is 0 Å². The molecule has 1 unspecified atom stereocenters. The van der Waals surface area contributed by atoms with Crippen LogP contribution in [-0.4, -0.2) is 28.5 Å². The Morgan fingerprint density at radius 2 is 2.00 bits per heavy atom. The Morgan fingerprint density at radius 1 is 1.28 bits per heavy atom. The molecule has 18 heavy (non-hydrogen) atoms. The lowest BCUT2D eigenvalue weighted by Gasteiger charge is -2.20. The van der Waals surface area contributed by atoms with Gasteiger partial charge in [0.25, 0.3) is 5.91 Å². The second-order valence-corrected chi connectivity index (χ2v) is 5.59. The summed E-state index contributed by atoms with van der Waals surface area (Å²) in [6.07, 6.45) is 6.72. The van der Waals surface area contributed by atoms with Gasteiger partial charge in [0, 0.05) is 5.57 Å². The first-order valence-electron chi connectivity index (χ1n) is 6.74. The van der Waals surface area contributed by atoms with E-state index >= 15 is 0 Å². The van der Waals surface area contributed by atoms with E-state index in [2.05, 4.69) is 6.92 Å². The molecule has 0 radical (unpaired) electrons. The molecular weight excluding hydrogens is 230 g/mol. The lowest BCUT2D eigenvalue weighted by atomic mass is 9.98. The van der Waals surface area contributed by atoms with E-state index in [-0.39, 0.29) is 11.9 Å². The zero-order valence-electron chi connectivity index (χ0n) is 11.4. The number of rotatable bonds is 5. The number of carbonyl (C=O) groups is 2. The van der Waals surface area contributed by atoms with Gasteiger partial charge in [-0.2, -0.15) is 0 Å². The molecule has 2 heterocycles. The summed E-state index contributed by atoms with van der Waals surface area (Å²) in [6.45, 7) is 5.85. The predicted octanol–water partition coefficient (Wildman–Crippen LogP) is 3.02. The molecule has 1 fully saturated rings. The number of fused-ring (bicyclic) bond motifs is 1. The van der Waals surface area contributed by atoms with Crippen molar-refractivity contribution < 1.29 is 14.3 Å². The van der Waals surface area contributed by atoms with Crippen molar-refractivity contribution in [1.29, 1.82) is 0 Å². The average Bonchev–Trinajstić information content (AvgIpc) is 2.73. The number of hydrogen-bond acceptors (Lipinski definition) is 3. The zero-order chi connectivity index (χ0) is 13.3. The van der Waals surface area contributed by atoms with Gasteiger partial charge in [-0.05, 0) is 32.8 Å². The number of amides is 2. The summed E-state index contributed by atoms with van der Waals surface area (Å²) in [5.41, 5.74) is 0.179. The molecule has 4 nitrogen and oxygen atoms in total. The lowest BCUT2D eigenvalue weighted by Crippen LogP contribution is -2.38. The number of imide groups is 1. The molecule has 0 aromatic carbocycles. The monoisotopic (exact) mass is 251 g/mol. The van der Waals surface area contributed by atoms with Crippen LogP contribution >= 0.6 is 0 Å². The first-order chi connectivity index (χ1) is 8.47. The van der Waals surface area contributed by atoms with E-state index in [0.717, 1.165) is 24.8 Å². The lowest BCUT2D eigenvalue weighted by molar-refractivity contribution is -0.123. The average molecular weight is 251 g/mol. The minimum absolute atomic E-state index is 0.160. The molecule has 0 spiro atoms. The van der Waals surface area contributed by atoms with Crippen LogP contribution in [0.2, 0.25) is 0 Å². The van der Waals surface area contributed by atoms with Crippen LogP contribution in [0.5, 0.6) is 0 Å². The molecule has 2 aliphatic rings. The highest BCUT2D eigenvalue weighted by Gasteiger charge is 2.53. The first-order valence-corrected chi connectivity index (χ1v) is 6.74. The number of hydrogen-bond donors (Lipinski definition) is 0. The summed E-state index contributed by atoms with van der Waals surface area (Å²) in [5, 5.41) is 0. The Bertz CT molecular complexity index is 398. The van der Waals surface area contributed by atoms with Crippen molar-refractivity contribution in [3.8, 4) is 0 Å². The molecule has 100 valence electrons. The Labute approximate surface area is 108 Å². The van der Waals surface area contributed by atoms with Gasteiger partial charge in [-0.25, -0.2) is 9.69 Å². The van der Waals surface area contributed by atoms with Crippen LogP contribution < -0.4 is 0 Å². The number of nitrogens with zero attached hydrogens (tertiary/aromatic N) is 1. The number of cyclic esters (lactones) is 1. The Morgan fingerprint density at radius 3 is 2.61 bits per heavy atom. The smallest absolute Gasteiger partial charge is 0.418 e. The molecule has 2 rings (SSSR count). The maximum atomic E-state index is 12.1. The number of unbranched alkanes of at least 4 members (excludes halogenated alkanes) is 3. The molecule has 0 N–H and O–H groups in total. The van der Waals surface area contributed by atoms with Crippen LogP contribution in [0.25, 0.3) is 0 Å². The Kier molecular flexibility index (Phi) is 3.46. The van der Waals surface area contributed by atoms with E-state index < -0.39 is 11.7 Å². The molecule has 0 bridgehead atoms. The van der Waals surface area contributed by atoms with Crippen LogP contribution in [-0.2, 0) is 9.53 Å². The number of carbonyl (C=O) groups excluding carboxylic acids is 2. The van der Waals surface area contributed by atoms with Gasteiger partial charge in [0.1, 0.15) is 11.6 Å². The quantitative estimate of drug-likeness (QED) is 0.706. The van der Waals surface area contributed by atoms with Crippen molar-refractivity contribution in [2.75, 3.05) is 0 Å². The van der Waals surface area contributed by atoms with E-state index in [9.17, 15) is 9.59 Å². The van der Waals surface area contributed by atoms with Crippen molar-refractivity contribution in [2.45, 2.75) is 64.5 Å². The molecule has 0 saturated carbocycles. The van der Waals surface area contributed by atoms with Gasteiger partial charge >= 0.3 is 6.09 Å². The van der Waals surface area contributed by atoms with Gasteiger partial charge in [-0.1, -0.05) is 26.2 Å². The highest BCUT2D eigenvalue weighted by atomic mass is 16.6. The van der Waals surface area contributed by atoms with E-state index in [1.807, 2.05) is 19.9 Å². The highest BCUT2D eigenvalue weighted by Crippen LogP contribution is 2.37. The van der Waals surface area contributed by atoms with E-state index in [1.54, 1.807) is 0 Å². The molecule has 1 atom stereocenters. The third-order valence-corrected chi connectivity index (χ3v) is 3.69. The van der Waals surface area contributed by atoms with Crippen molar-refractivity contribution >= 4 is 12.0 Å². The molecule has 4 heteroatoms. The molecule has 2 aliphatic heterocycles. The summed E-state index contributed by atoms with van der Waals surface area (Å²) in [6, 6.07) is -0.223. The van der Waals surface area contributed by atoms with E-state index in [1.165, 1.54) is 17.7 Å². The Balaban J connectivity index is 2.02. The molecule has 0 aliphatic carbocycles. The fourth-order valence-corrected chi connectivity index (χ4v) is 2.59. The number of ether oxygens (including phenoxy) is 1. The minimum Gasteiger partial charge on any atom is -0.440 e. The minimum atomic E-state index is -0.599. The largest absolute Gasteiger partial charge is 0.440 e. The van der Waals surface area contributed by atoms with Crippen molar-refractivity contribution in [3.05, 3.63) is 11.6 Å². The molecule has 2 amide bonds. The molecular formula is C14H21NO3. The maximum absolute atomic E-state index is 12.1. The summed E-state index contributed by atoms with van der Waals surface area (Å²) >= 11 is 0. The van der Waals surface area contributed by atoms with Crippen LogP contribution in [0.15, 0.2) is 11.6 Å². The molecule has 0 aromatic heterocycles. The third kappa shape index (κ3) is 2.16. The van der Waals surface area contributed by atoms with Gasteiger partial charge in [0.15, 0.2) is 0 Å². The summed E-state index contributed by atoms with van der Waals surface area (Å²) in [5.74, 6) is -0.160. The van der Waals surface area contributed by atoms with E-state index in [4.69, 9.17) is 4.74 Å². The normalized spacial score (nSPS) is 25.2. The van der Waals surface area contributed by atoms with Gasteiger partial charge in [-0.15, -0.1) is 0 Å². The van der Waals surface area contributed by atoms with Crippen LogP contribution in [0, 0.1) is 0 Å². The highest BCUT2D eigenvalue weighted by molar-refractivity contribution is 6.06. The van der Waals surface area contributed by atoms with Gasteiger partial charge in [-0.3, -0.25) is 4.79 Å². The summed E-state index contributed by atoms with van der Waals surface area (Å²) < 4.78 is 5.20. The van der Waals surface area contributed by atoms with Gasteiger partial charge in [0.05, 0.1) is 0 Å². The standard InChI is InChI=1S/C14H21NO3/c1-4-5-6-7-8-10-9-11-14(2,3)18-13(17)15(11)12(10)16/h9,11H,4-8H2,1-3H3. The first kappa shape index (κ1) is 13.1. The SMILES string of the molecule is CCCCCCC1=CC2N(C(=O)OC2(C)C)C1=O. The van der Waals surface area contributed by atoms with Gasteiger partial charge < -0.3 is 4.74 Å². The maximum Gasteiger partial charge on any atom is 0.418 e. The topological polar surface area (TPSA) is 46.6 Å². The Hall–Kier alpha value is -1.32.